The van der Waals surface area contributed by atoms with E-state index in [1.807, 2.05) is 0 Å². The average Bonchev–Trinajstić information content (AvgIpc) is 2.81. The Labute approximate surface area is 231 Å². The van der Waals surface area contributed by atoms with Crippen LogP contribution in [0.15, 0.2) is 84.9 Å². The van der Waals surface area contributed by atoms with Crippen LogP contribution >= 0.6 is 0 Å². The molecule has 4 rings (SSSR count). The van der Waals surface area contributed by atoms with E-state index in [1.54, 1.807) is 0 Å². The maximum Gasteiger partial charge on any atom is 0.0350 e. The lowest BCUT2D eigenvalue weighted by Gasteiger charge is -2.44. The summed E-state index contributed by atoms with van der Waals surface area (Å²) in [6, 6.07) is 30.6. The Morgan fingerprint density at radius 3 is 1.45 bits per heavy atom. The molecule has 202 valence electrons. The summed E-state index contributed by atoms with van der Waals surface area (Å²) >= 11 is 0. The zero-order chi connectivity index (χ0) is 27.6. The summed E-state index contributed by atoms with van der Waals surface area (Å²) < 4.78 is 0. The molecule has 0 bridgehead atoms. The Morgan fingerprint density at radius 2 is 0.947 bits per heavy atom. The standard InChI is InChI=1S/C36H48N2/c1-9-36(8,38-32-21-19-28-15-11-13-17-30(28)23-32)26-34(4,5)24-33(2,3)25-35(6,7)37-31-20-18-27-14-10-12-16-29(27)22-31/h10-23,37-38H,9,24-26H2,1-8H3. The van der Waals surface area contributed by atoms with Crippen molar-refractivity contribution in [3.8, 4) is 0 Å². The fraction of sp³-hybridized carbons (Fsp3) is 0.444. The molecular weight excluding hydrogens is 460 g/mol. The molecule has 0 aliphatic carbocycles. The Balaban J connectivity index is 1.42. The van der Waals surface area contributed by atoms with Crippen molar-refractivity contribution < 1.29 is 0 Å². The number of benzene rings is 4. The summed E-state index contributed by atoms with van der Waals surface area (Å²) in [6.07, 6.45) is 4.46. The zero-order valence-electron chi connectivity index (χ0n) is 24.9. The maximum absolute atomic E-state index is 3.92. The van der Waals surface area contributed by atoms with Gasteiger partial charge in [0.05, 0.1) is 0 Å². The number of fused-ring (bicyclic) bond motifs is 2. The smallest absolute Gasteiger partial charge is 0.0350 e. The summed E-state index contributed by atoms with van der Waals surface area (Å²) in [5, 5.41) is 12.9. The van der Waals surface area contributed by atoms with Gasteiger partial charge in [0.25, 0.3) is 0 Å². The van der Waals surface area contributed by atoms with E-state index in [-0.39, 0.29) is 21.9 Å². The molecule has 2 N–H and O–H groups in total. The molecule has 0 fully saturated rings. The molecule has 4 aromatic carbocycles. The third-order valence-electron chi connectivity index (χ3n) is 7.95. The van der Waals surface area contributed by atoms with Gasteiger partial charge in [-0.15, -0.1) is 0 Å². The van der Waals surface area contributed by atoms with Crippen LogP contribution in [-0.2, 0) is 0 Å². The van der Waals surface area contributed by atoms with Gasteiger partial charge in [0.2, 0.25) is 0 Å². The topological polar surface area (TPSA) is 24.1 Å². The summed E-state index contributed by atoms with van der Waals surface area (Å²) in [7, 11) is 0. The van der Waals surface area contributed by atoms with Gasteiger partial charge in [-0.2, -0.15) is 0 Å². The fourth-order valence-electron chi connectivity index (χ4n) is 7.25. The molecule has 0 saturated heterocycles. The first kappa shape index (κ1) is 28.0. The van der Waals surface area contributed by atoms with Crippen LogP contribution in [0, 0.1) is 10.8 Å². The van der Waals surface area contributed by atoms with Crippen molar-refractivity contribution in [3.05, 3.63) is 84.9 Å². The van der Waals surface area contributed by atoms with E-state index in [9.17, 15) is 0 Å². The predicted octanol–water partition coefficient (Wildman–Crippen LogP) is 10.7. The molecule has 1 unspecified atom stereocenters. The minimum atomic E-state index is -0.0144. The lowest BCUT2D eigenvalue weighted by Crippen LogP contribution is -2.42. The molecule has 0 spiro atoms. The molecule has 0 radical (unpaired) electrons. The molecule has 2 nitrogen and oxygen atoms in total. The first-order chi connectivity index (χ1) is 17.8. The summed E-state index contributed by atoms with van der Waals surface area (Å²) in [5.74, 6) is 0. The number of rotatable bonds is 11. The van der Waals surface area contributed by atoms with Gasteiger partial charge in [-0.05, 0) is 103 Å². The van der Waals surface area contributed by atoms with E-state index in [0.29, 0.717) is 0 Å². The second kappa shape index (κ2) is 10.6. The second-order valence-electron chi connectivity index (χ2n) is 14.0. The van der Waals surface area contributed by atoms with Gasteiger partial charge in [-0.25, -0.2) is 0 Å². The summed E-state index contributed by atoms with van der Waals surface area (Å²) in [6.45, 7) is 19.2. The number of hydrogen-bond donors (Lipinski definition) is 2. The van der Waals surface area contributed by atoms with Crippen LogP contribution < -0.4 is 10.6 Å². The molecule has 4 aromatic rings. The minimum Gasteiger partial charge on any atom is -0.380 e. The van der Waals surface area contributed by atoms with Gasteiger partial charge in [-0.3, -0.25) is 0 Å². The van der Waals surface area contributed by atoms with Crippen molar-refractivity contribution in [3.63, 3.8) is 0 Å². The van der Waals surface area contributed by atoms with Crippen molar-refractivity contribution in [1.82, 2.24) is 0 Å². The van der Waals surface area contributed by atoms with Crippen molar-refractivity contribution in [2.45, 2.75) is 92.2 Å². The van der Waals surface area contributed by atoms with Crippen LogP contribution in [0.4, 0.5) is 11.4 Å². The van der Waals surface area contributed by atoms with Crippen molar-refractivity contribution in [1.29, 1.82) is 0 Å². The first-order valence-electron chi connectivity index (χ1n) is 14.3. The van der Waals surface area contributed by atoms with E-state index in [4.69, 9.17) is 0 Å². The van der Waals surface area contributed by atoms with E-state index in [0.717, 1.165) is 25.7 Å². The van der Waals surface area contributed by atoms with Crippen LogP contribution in [-0.4, -0.2) is 11.1 Å². The molecule has 1 atom stereocenters. The fourth-order valence-corrected chi connectivity index (χ4v) is 7.25. The summed E-state index contributed by atoms with van der Waals surface area (Å²) in [4.78, 5) is 0. The van der Waals surface area contributed by atoms with Gasteiger partial charge >= 0.3 is 0 Å². The van der Waals surface area contributed by atoms with Crippen molar-refractivity contribution in [2.75, 3.05) is 10.6 Å². The predicted molar refractivity (Wildman–Crippen MR) is 169 cm³/mol. The second-order valence-corrected chi connectivity index (χ2v) is 14.0. The van der Waals surface area contributed by atoms with Crippen LogP contribution in [0.1, 0.15) is 81.1 Å². The van der Waals surface area contributed by atoms with Gasteiger partial charge in [0.15, 0.2) is 0 Å². The Morgan fingerprint density at radius 1 is 0.500 bits per heavy atom. The monoisotopic (exact) mass is 508 g/mol. The SMILES string of the molecule is CCC(C)(CC(C)(C)CC(C)(C)CC(C)(C)Nc1ccc2ccccc2c1)Nc1ccc2ccccc2c1. The highest BCUT2D eigenvalue weighted by molar-refractivity contribution is 5.86. The van der Waals surface area contributed by atoms with E-state index in [1.165, 1.54) is 32.9 Å². The molecule has 0 amide bonds. The van der Waals surface area contributed by atoms with Crippen molar-refractivity contribution in [2.24, 2.45) is 10.8 Å². The third-order valence-corrected chi connectivity index (χ3v) is 7.95. The van der Waals surface area contributed by atoms with E-state index in [2.05, 4.69) is 151 Å². The molecule has 0 saturated carbocycles. The quantitative estimate of drug-likeness (QED) is 0.210. The van der Waals surface area contributed by atoms with Gasteiger partial charge in [0.1, 0.15) is 0 Å². The Bertz CT molecular complexity index is 1380. The Hall–Kier alpha value is -3.00. The van der Waals surface area contributed by atoms with Crippen LogP contribution in [0.3, 0.4) is 0 Å². The summed E-state index contributed by atoms with van der Waals surface area (Å²) in [5.41, 5.74) is 2.80. The van der Waals surface area contributed by atoms with E-state index < -0.39 is 0 Å². The van der Waals surface area contributed by atoms with Crippen molar-refractivity contribution >= 4 is 32.9 Å². The highest BCUT2D eigenvalue weighted by atomic mass is 15.0. The largest absolute Gasteiger partial charge is 0.380 e. The zero-order valence-corrected chi connectivity index (χ0v) is 24.9. The lowest BCUT2D eigenvalue weighted by molar-refractivity contribution is 0.132. The van der Waals surface area contributed by atoms with Crippen LogP contribution in [0.5, 0.6) is 0 Å². The third kappa shape index (κ3) is 7.31. The molecule has 0 aliphatic heterocycles. The molecule has 0 heterocycles. The van der Waals surface area contributed by atoms with Gasteiger partial charge in [-0.1, -0.05) is 95.3 Å². The Kier molecular flexibility index (Phi) is 7.84. The molecular formula is C36H48N2. The average molecular weight is 509 g/mol. The molecule has 2 heteroatoms. The minimum absolute atomic E-state index is 0.0144. The molecule has 0 aliphatic rings. The number of anilines is 2. The van der Waals surface area contributed by atoms with Gasteiger partial charge in [0, 0.05) is 22.5 Å². The normalized spacial score (nSPS) is 14.4. The van der Waals surface area contributed by atoms with Crippen LogP contribution in [0.25, 0.3) is 21.5 Å². The number of nitrogens with one attached hydrogen (secondary N) is 2. The van der Waals surface area contributed by atoms with Gasteiger partial charge < -0.3 is 10.6 Å². The molecule has 38 heavy (non-hydrogen) atoms. The van der Waals surface area contributed by atoms with Crippen LogP contribution in [0.2, 0.25) is 0 Å². The number of hydrogen-bond acceptors (Lipinski definition) is 2. The highest BCUT2D eigenvalue weighted by Crippen LogP contribution is 2.45. The maximum atomic E-state index is 3.92. The highest BCUT2D eigenvalue weighted by Gasteiger charge is 2.38. The lowest BCUT2D eigenvalue weighted by atomic mass is 9.66. The van der Waals surface area contributed by atoms with E-state index >= 15 is 0 Å². The molecule has 0 aromatic heterocycles. The first-order valence-corrected chi connectivity index (χ1v) is 14.3.